The summed E-state index contributed by atoms with van der Waals surface area (Å²) in [6.45, 7) is 3.36. The number of unbranched alkanes of at least 4 members (excludes halogenated alkanes) is 2. The molecule has 8 heteroatoms. The zero-order chi connectivity index (χ0) is 33.2. The van der Waals surface area contributed by atoms with Crippen LogP contribution in [0, 0.1) is 0 Å². The molecule has 0 saturated carbocycles. The number of carbonyl (C=O) groups is 2. The smallest absolute Gasteiger partial charge is 0.303 e. The number of rotatable bonds is 15. The van der Waals surface area contributed by atoms with E-state index in [9.17, 15) is 14.7 Å². The molecule has 1 heterocycles. The summed E-state index contributed by atoms with van der Waals surface area (Å²) in [7, 11) is 2.14. The second kappa shape index (κ2) is 16.7. The van der Waals surface area contributed by atoms with E-state index < -0.39 is 12.3 Å². The Morgan fingerprint density at radius 2 is 1.53 bits per heavy atom. The maximum atomic E-state index is 12.3. The van der Waals surface area contributed by atoms with Crippen LogP contribution in [0.5, 0.6) is 0 Å². The zero-order valence-corrected chi connectivity index (χ0v) is 27.3. The number of benzene rings is 4. The number of aliphatic hydroxyl groups excluding tert-OH is 1. The van der Waals surface area contributed by atoms with Crippen molar-refractivity contribution in [1.82, 2.24) is 10.2 Å². The molecule has 3 N–H and O–H groups in total. The Hall–Kier alpha value is -4.08. The van der Waals surface area contributed by atoms with Crippen LogP contribution in [0.15, 0.2) is 91.0 Å². The van der Waals surface area contributed by atoms with Gasteiger partial charge in [0, 0.05) is 44.0 Å². The van der Waals surface area contributed by atoms with Crippen molar-refractivity contribution in [3.63, 3.8) is 0 Å². The highest BCUT2D eigenvalue weighted by atomic mass is 16.7. The lowest BCUT2D eigenvalue weighted by Gasteiger charge is -2.39. The van der Waals surface area contributed by atoms with Crippen molar-refractivity contribution in [2.75, 3.05) is 13.6 Å². The number of hydrogen-bond donors (Lipinski definition) is 3. The molecule has 0 aromatic heterocycles. The van der Waals surface area contributed by atoms with Gasteiger partial charge in [0.25, 0.3) is 0 Å². The monoisotopic (exact) mass is 638 g/mol. The summed E-state index contributed by atoms with van der Waals surface area (Å²) in [6, 6.07) is 31.1. The number of ether oxygens (including phenoxy) is 2. The first-order valence-electron chi connectivity index (χ1n) is 16.6. The molecule has 1 aliphatic heterocycles. The van der Waals surface area contributed by atoms with Gasteiger partial charge in [0.1, 0.15) is 0 Å². The van der Waals surface area contributed by atoms with Crippen LogP contribution < -0.4 is 5.32 Å². The summed E-state index contributed by atoms with van der Waals surface area (Å²) < 4.78 is 13.1. The van der Waals surface area contributed by atoms with E-state index >= 15 is 0 Å². The van der Waals surface area contributed by atoms with Gasteiger partial charge in [-0.05, 0) is 65.9 Å². The van der Waals surface area contributed by atoms with Gasteiger partial charge in [-0.2, -0.15) is 0 Å². The third-order valence-electron chi connectivity index (χ3n) is 9.06. The highest BCUT2D eigenvalue weighted by Crippen LogP contribution is 2.39. The van der Waals surface area contributed by atoms with Crippen molar-refractivity contribution in [3.8, 4) is 0 Å². The summed E-state index contributed by atoms with van der Waals surface area (Å²) in [6.07, 6.45) is 2.39. The van der Waals surface area contributed by atoms with E-state index in [1.54, 1.807) is 0 Å². The molecular weight excluding hydrogens is 592 g/mol. The number of carboxylic acid groups (broad SMARTS) is 1. The molecule has 4 atom stereocenters. The predicted molar refractivity (Wildman–Crippen MR) is 182 cm³/mol. The maximum Gasteiger partial charge on any atom is 0.303 e. The average molecular weight is 639 g/mol. The van der Waals surface area contributed by atoms with Gasteiger partial charge in [-0.25, -0.2) is 0 Å². The van der Waals surface area contributed by atoms with Crippen LogP contribution in [0.2, 0.25) is 0 Å². The van der Waals surface area contributed by atoms with Crippen molar-refractivity contribution in [2.45, 2.75) is 83.1 Å². The number of likely N-dealkylation sites (N-methyl/N-ethyl adjacent to an activating group) is 1. The molecule has 0 unspecified atom stereocenters. The fourth-order valence-electron chi connectivity index (χ4n) is 6.05. The molecule has 47 heavy (non-hydrogen) atoms. The van der Waals surface area contributed by atoms with Gasteiger partial charge >= 0.3 is 5.97 Å². The normalized spacial score (nSPS) is 18.7. The molecular formula is C39H46N2O6. The van der Waals surface area contributed by atoms with E-state index in [4.69, 9.17) is 14.6 Å². The Morgan fingerprint density at radius 1 is 0.851 bits per heavy atom. The molecule has 0 radical (unpaired) electrons. The number of hydrogen-bond acceptors (Lipinski definition) is 6. The van der Waals surface area contributed by atoms with Crippen molar-refractivity contribution >= 4 is 22.6 Å². The number of aliphatic carboxylic acids is 1. The zero-order valence-electron chi connectivity index (χ0n) is 27.3. The van der Waals surface area contributed by atoms with Gasteiger partial charge < -0.3 is 25.0 Å². The van der Waals surface area contributed by atoms with E-state index in [0.29, 0.717) is 32.2 Å². The predicted octanol–water partition coefficient (Wildman–Crippen LogP) is 7.22. The summed E-state index contributed by atoms with van der Waals surface area (Å²) in [5, 5.41) is 23.7. The first-order valence-corrected chi connectivity index (χ1v) is 16.6. The topological polar surface area (TPSA) is 108 Å². The summed E-state index contributed by atoms with van der Waals surface area (Å²) in [5.41, 5.74) is 5.05. The maximum absolute atomic E-state index is 12.3. The highest BCUT2D eigenvalue weighted by molar-refractivity contribution is 5.83. The summed E-state index contributed by atoms with van der Waals surface area (Å²) in [5.74, 6) is -0.841. The number of amides is 1. The van der Waals surface area contributed by atoms with Crippen molar-refractivity contribution < 1.29 is 29.3 Å². The van der Waals surface area contributed by atoms with Crippen LogP contribution in [0.1, 0.15) is 91.7 Å². The van der Waals surface area contributed by atoms with Gasteiger partial charge in [-0.3, -0.25) is 14.5 Å². The lowest BCUT2D eigenvalue weighted by atomic mass is 9.98. The van der Waals surface area contributed by atoms with Gasteiger partial charge in [-0.1, -0.05) is 91.3 Å². The average Bonchev–Trinajstić information content (AvgIpc) is 3.10. The van der Waals surface area contributed by atoms with Gasteiger partial charge in [0.2, 0.25) is 5.91 Å². The SMILES string of the molecule is C[C@H](c1ccc2ccccc2c1)N(C)C[C@@H]1C[C@H](c2ccc(CO)cc2)O[C@H](c2ccc(CNC(=O)CCCCCC(=O)O)cc2)O1. The molecule has 8 nitrogen and oxygen atoms in total. The van der Waals surface area contributed by atoms with Crippen molar-refractivity contribution in [2.24, 2.45) is 0 Å². The quantitative estimate of drug-likeness (QED) is 0.118. The van der Waals surface area contributed by atoms with Crippen LogP contribution in [-0.4, -0.2) is 46.7 Å². The molecule has 1 aliphatic rings. The van der Waals surface area contributed by atoms with Gasteiger partial charge in [0.15, 0.2) is 6.29 Å². The third kappa shape index (κ3) is 9.72. The van der Waals surface area contributed by atoms with Gasteiger partial charge in [-0.15, -0.1) is 0 Å². The van der Waals surface area contributed by atoms with E-state index in [-0.39, 0.29) is 37.2 Å². The van der Waals surface area contributed by atoms with E-state index in [2.05, 4.69) is 66.7 Å². The second-order valence-corrected chi connectivity index (χ2v) is 12.5. The molecule has 4 aromatic rings. The molecule has 1 amide bonds. The van der Waals surface area contributed by atoms with Crippen LogP contribution in [0.3, 0.4) is 0 Å². The minimum absolute atomic E-state index is 0.00276. The standard InChI is InChI=1S/C39H46N2O6/c1-27(33-21-20-30-8-6-7-9-34(30)22-33)41(2)25-35-23-36(31-16-14-29(26-42)15-17-31)47-39(46-35)32-18-12-28(13-19-32)24-40-37(43)10-4-3-5-11-38(44)45/h6-9,12-22,27,35-36,39,42H,3-5,10-11,23-26H2,1-2H3,(H,40,43)(H,44,45)/t27-,35+,36-,39-/m1/s1. The summed E-state index contributed by atoms with van der Waals surface area (Å²) >= 11 is 0. The Bertz CT molecular complexity index is 1610. The Kier molecular flexibility index (Phi) is 12.1. The van der Waals surface area contributed by atoms with Crippen LogP contribution in [0.4, 0.5) is 0 Å². The molecule has 4 aromatic carbocycles. The van der Waals surface area contributed by atoms with E-state index in [1.807, 2.05) is 48.5 Å². The second-order valence-electron chi connectivity index (χ2n) is 12.5. The molecule has 1 fully saturated rings. The third-order valence-corrected chi connectivity index (χ3v) is 9.06. The van der Waals surface area contributed by atoms with Gasteiger partial charge in [0.05, 0.1) is 18.8 Å². The van der Waals surface area contributed by atoms with E-state index in [0.717, 1.165) is 35.2 Å². The summed E-state index contributed by atoms with van der Waals surface area (Å²) in [4.78, 5) is 25.3. The fourth-order valence-corrected chi connectivity index (χ4v) is 6.05. The largest absolute Gasteiger partial charge is 0.481 e. The lowest BCUT2D eigenvalue weighted by Crippen LogP contribution is -2.38. The molecule has 0 spiro atoms. The minimum Gasteiger partial charge on any atom is -0.481 e. The number of carboxylic acids is 1. The highest BCUT2D eigenvalue weighted by Gasteiger charge is 2.33. The molecule has 0 aliphatic carbocycles. The molecule has 0 bridgehead atoms. The molecule has 248 valence electrons. The van der Waals surface area contributed by atoms with Crippen molar-refractivity contribution in [3.05, 3.63) is 119 Å². The Morgan fingerprint density at radius 3 is 2.26 bits per heavy atom. The van der Waals surface area contributed by atoms with Crippen LogP contribution >= 0.6 is 0 Å². The van der Waals surface area contributed by atoms with Crippen LogP contribution in [-0.2, 0) is 32.2 Å². The molecule has 1 saturated heterocycles. The number of nitrogens with zero attached hydrogens (tertiary/aromatic N) is 1. The lowest BCUT2D eigenvalue weighted by molar-refractivity contribution is -0.253. The van der Waals surface area contributed by atoms with E-state index in [1.165, 1.54) is 16.3 Å². The number of nitrogens with one attached hydrogen (secondary N) is 1. The molecule has 5 rings (SSSR count). The number of aliphatic hydroxyl groups is 1. The Labute approximate surface area is 277 Å². The van der Waals surface area contributed by atoms with Crippen molar-refractivity contribution in [1.29, 1.82) is 0 Å². The number of fused-ring (bicyclic) bond motifs is 1. The Balaban J connectivity index is 1.23. The first-order chi connectivity index (χ1) is 22.8. The number of carbonyl (C=O) groups excluding carboxylic acids is 1. The minimum atomic E-state index is -0.802. The fraction of sp³-hybridized carbons (Fsp3) is 0.385. The first kappa shape index (κ1) is 34.3. The van der Waals surface area contributed by atoms with Crippen LogP contribution in [0.25, 0.3) is 10.8 Å².